The lowest BCUT2D eigenvalue weighted by Crippen LogP contribution is -2.14. The number of amides is 1. The van der Waals surface area contributed by atoms with Crippen molar-refractivity contribution in [1.82, 2.24) is 0 Å². The molecule has 34 heavy (non-hydrogen) atoms. The summed E-state index contributed by atoms with van der Waals surface area (Å²) in [5, 5.41) is 12.0. The number of alkyl halides is 3. The van der Waals surface area contributed by atoms with Crippen LogP contribution in [-0.2, 0) is 17.6 Å². The molecule has 0 aliphatic heterocycles. The third kappa shape index (κ3) is 6.10. The van der Waals surface area contributed by atoms with Crippen LogP contribution in [0.5, 0.6) is 17.2 Å². The number of hydrogen-bond donors (Lipinski definition) is 1. The molecule has 0 saturated heterocycles. The normalized spacial score (nSPS) is 11.5. The van der Waals surface area contributed by atoms with Crippen molar-refractivity contribution in [3.8, 4) is 23.3 Å². The second-order valence-electron chi connectivity index (χ2n) is 6.81. The van der Waals surface area contributed by atoms with Crippen LogP contribution in [0.25, 0.3) is 6.08 Å². The Morgan fingerprint density at radius 3 is 2.56 bits per heavy atom. The van der Waals surface area contributed by atoms with Crippen LogP contribution in [0.4, 0.5) is 18.9 Å². The largest absolute Gasteiger partial charge is 0.497 e. The fourth-order valence-electron chi connectivity index (χ4n) is 2.86. The highest BCUT2D eigenvalue weighted by Gasteiger charge is 2.30. The average molecular weight is 472 g/mol. The number of nitrogens with zero attached hydrogens (tertiary/aromatic N) is 1. The summed E-state index contributed by atoms with van der Waals surface area (Å²) in [5.41, 5.74) is -0.766. The molecule has 2 aromatic carbocycles. The Balaban J connectivity index is 1.70. The Hall–Kier alpha value is -4.39. The first kappa shape index (κ1) is 24.3. The minimum atomic E-state index is -4.48. The maximum Gasteiger partial charge on any atom is 0.416 e. The van der Waals surface area contributed by atoms with E-state index >= 15 is 0 Å². The lowest BCUT2D eigenvalue weighted by Gasteiger charge is -2.11. The molecular formula is C24H19F3N2O5. The highest BCUT2D eigenvalue weighted by molar-refractivity contribution is 6.10. The van der Waals surface area contributed by atoms with Gasteiger partial charge in [0.25, 0.3) is 5.91 Å². The molecule has 1 N–H and O–H groups in total. The summed E-state index contributed by atoms with van der Waals surface area (Å²) in [7, 11) is 2.91. The summed E-state index contributed by atoms with van der Waals surface area (Å²) >= 11 is 0. The molecule has 0 spiro atoms. The molecule has 1 aromatic heterocycles. The van der Waals surface area contributed by atoms with E-state index < -0.39 is 17.6 Å². The first-order valence-electron chi connectivity index (χ1n) is 9.77. The van der Waals surface area contributed by atoms with E-state index in [9.17, 15) is 23.2 Å². The zero-order chi connectivity index (χ0) is 24.7. The number of anilines is 1. The summed E-state index contributed by atoms with van der Waals surface area (Å²) in [6.45, 7) is -0.149. The summed E-state index contributed by atoms with van der Waals surface area (Å²) in [5.74, 6) is 0.649. The number of carbonyl (C=O) groups excluding carboxylic acids is 1. The zero-order valence-corrected chi connectivity index (χ0v) is 18.1. The summed E-state index contributed by atoms with van der Waals surface area (Å²) < 4.78 is 59.7. The van der Waals surface area contributed by atoms with Gasteiger partial charge < -0.3 is 23.9 Å². The fourth-order valence-corrected chi connectivity index (χ4v) is 2.86. The minimum absolute atomic E-state index is 0.0210. The van der Waals surface area contributed by atoms with Crippen LogP contribution in [0.15, 0.2) is 64.6 Å². The van der Waals surface area contributed by atoms with Crippen molar-refractivity contribution in [3.63, 3.8) is 0 Å². The van der Waals surface area contributed by atoms with Gasteiger partial charge in [0.1, 0.15) is 47.0 Å². The maximum absolute atomic E-state index is 12.8. The van der Waals surface area contributed by atoms with Gasteiger partial charge >= 0.3 is 6.18 Å². The van der Waals surface area contributed by atoms with Crippen molar-refractivity contribution in [2.45, 2.75) is 12.8 Å². The van der Waals surface area contributed by atoms with E-state index in [-0.39, 0.29) is 29.4 Å². The number of benzene rings is 2. The van der Waals surface area contributed by atoms with Crippen LogP contribution in [0, 0.1) is 11.3 Å². The van der Waals surface area contributed by atoms with Gasteiger partial charge in [0.05, 0.1) is 25.5 Å². The molecule has 1 heterocycles. The third-order valence-electron chi connectivity index (χ3n) is 4.53. The fraction of sp³-hybridized carbons (Fsp3) is 0.167. The molecule has 0 saturated carbocycles. The lowest BCUT2D eigenvalue weighted by molar-refractivity contribution is -0.137. The lowest BCUT2D eigenvalue weighted by atomic mass is 10.2. The SMILES string of the molecule is COc1ccc(OC)c(NC(=O)C(C#N)=Cc2ccc(COc3cccc(C(F)(F)F)c3)o2)c1. The summed E-state index contributed by atoms with van der Waals surface area (Å²) in [4.78, 5) is 12.6. The van der Waals surface area contributed by atoms with Crippen molar-refractivity contribution in [2.75, 3.05) is 19.5 Å². The predicted molar refractivity (Wildman–Crippen MR) is 116 cm³/mol. The topological polar surface area (TPSA) is 93.7 Å². The molecule has 0 unspecified atom stereocenters. The van der Waals surface area contributed by atoms with Gasteiger partial charge in [-0.2, -0.15) is 18.4 Å². The van der Waals surface area contributed by atoms with Gasteiger partial charge in [0, 0.05) is 12.1 Å². The minimum Gasteiger partial charge on any atom is -0.497 e. The number of methoxy groups -OCH3 is 2. The van der Waals surface area contributed by atoms with E-state index in [4.69, 9.17) is 18.6 Å². The Bertz CT molecular complexity index is 1240. The summed E-state index contributed by atoms with van der Waals surface area (Å²) in [6.07, 6.45) is -3.25. The molecule has 176 valence electrons. The molecule has 7 nitrogen and oxygen atoms in total. The van der Waals surface area contributed by atoms with Crippen LogP contribution in [0.2, 0.25) is 0 Å². The second kappa shape index (κ2) is 10.5. The molecule has 0 fully saturated rings. The van der Waals surface area contributed by atoms with Crippen molar-refractivity contribution in [3.05, 3.63) is 77.3 Å². The molecular weight excluding hydrogens is 453 g/mol. The molecule has 0 radical (unpaired) electrons. The number of carbonyl (C=O) groups is 1. The molecule has 3 aromatic rings. The zero-order valence-electron chi connectivity index (χ0n) is 18.1. The van der Waals surface area contributed by atoms with E-state index in [0.717, 1.165) is 12.1 Å². The van der Waals surface area contributed by atoms with E-state index in [1.54, 1.807) is 24.3 Å². The average Bonchev–Trinajstić information content (AvgIpc) is 3.28. The predicted octanol–water partition coefficient (Wildman–Crippen LogP) is 5.44. The molecule has 0 atom stereocenters. The number of furan rings is 1. The Morgan fingerprint density at radius 1 is 1.09 bits per heavy atom. The molecule has 0 aliphatic rings. The van der Waals surface area contributed by atoms with Gasteiger partial charge in [-0.3, -0.25) is 4.79 Å². The van der Waals surface area contributed by atoms with Crippen LogP contribution < -0.4 is 19.5 Å². The number of hydrogen-bond acceptors (Lipinski definition) is 6. The second-order valence-corrected chi connectivity index (χ2v) is 6.81. The number of nitriles is 1. The van der Waals surface area contributed by atoms with Crippen molar-refractivity contribution in [1.29, 1.82) is 5.26 Å². The van der Waals surface area contributed by atoms with Crippen LogP contribution in [-0.4, -0.2) is 20.1 Å². The van der Waals surface area contributed by atoms with E-state index in [0.29, 0.717) is 17.2 Å². The van der Waals surface area contributed by atoms with Gasteiger partial charge in [0.2, 0.25) is 0 Å². The number of halogens is 3. The summed E-state index contributed by atoms with van der Waals surface area (Å²) in [6, 6.07) is 14.1. The maximum atomic E-state index is 12.8. The first-order chi connectivity index (χ1) is 16.2. The van der Waals surface area contributed by atoms with E-state index in [1.165, 1.54) is 44.6 Å². The van der Waals surface area contributed by atoms with Gasteiger partial charge in [0.15, 0.2) is 0 Å². The van der Waals surface area contributed by atoms with Gasteiger partial charge in [-0.15, -0.1) is 0 Å². The van der Waals surface area contributed by atoms with E-state index in [1.807, 2.05) is 0 Å². The molecule has 3 rings (SSSR count). The monoisotopic (exact) mass is 472 g/mol. The van der Waals surface area contributed by atoms with Crippen LogP contribution in [0.1, 0.15) is 17.1 Å². The molecule has 1 amide bonds. The Kier molecular flexibility index (Phi) is 7.48. The van der Waals surface area contributed by atoms with Crippen molar-refractivity contribution < 1.29 is 36.6 Å². The van der Waals surface area contributed by atoms with Gasteiger partial charge in [-0.1, -0.05) is 6.07 Å². The molecule has 0 bridgehead atoms. The van der Waals surface area contributed by atoms with Crippen LogP contribution in [0.3, 0.4) is 0 Å². The highest BCUT2D eigenvalue weighted by atomic mass is 19.4. The Morgan fingerprint density at radius 2 is 1.88 bits per heavy atom. The quantitative estimate of drug-likeness (QED) is 0.347. The van der Waals surface area contributed by atoms with Crippen molar-refractivity contribution in [2.24, 2.45) is 0 Å². The van der Waals surface area contributed by atoms with Crippen LogP contribution >= 0.6 is 0 Å². The van der Waals surface area contributed by atoms with E-state index in [2.05, 4.69) is 5.32 Å². The van der Waals surface area contributed by atoms with Crippen molar-refractivity contribution >= 4 is 17.7 Å². The molecule has 0 aliphatic carbocycles. The number of rotatable bonds is 8. The first-order valence-corrected chi connectivity index (χ1v) is 9.77. The Labute approximate surface area is 193 Å². The van der Waals surface area contributed by atoms with Gasteiger partial charge in [-0.05, 0) is 42.5 Å². The van der Waals surface area contributed by atoms with Gasteiger partial charge in [-0.25, -0.2) is 0 Å². The molecule has 10 heteroatoms. The number of ether oxygens (including phenoxy) is 3. The number of nitrogens with one attached hydrogen (secondary N) is 1. The smallest absolute Gasteiger partial charge is 0.416 e. The third-order valence-corrected chi connectivity index (χ3v) is 4.53. The highest BCUT2D eigenvalue weighted by Crippen LogP contribution is 2.32. The standard InChI is InChI=1S/C24H19F3N2O5/c1-31-17-8-9-22(32-2)21(12-17)29-23(30)15(13-28)10-19-6-7-20(34-19)14-33-18-5-3-4-16(11-18)24(25,26)27/h3-12H,14H2,1-2H3,(H,29,30).